The maximum atomic E-state index is 13.8. The number of amides is 2. The SMILES string of the molecule is CN(C(=O)Nc1cc(C(F)(F)F)cn(C)c1=O)C1(C)CCN(c2cnc3[nH]cc(F)c3n2)CC1. The van der Waals surface area contributed by atoms with Crippen LogP contribution in [0.1, 0.15) is 25.3 Å². The van der Waals surface area contributed by atoms with Gasteiger partial charge >= 0.3 is 12.2 Å². The van der Waals surface area contributed by atoms with Crippen LogP contribution in [0.15, 0.2) is 29.5 Å². The van der Waals surface area contributed by atoms with Gasteiger partial charge in [0.15, 0.2) is 11.5 Å². The fourth-order valence-electron chi connectivity index (χ4n) is 3.96. The van der Waals surface area contributed by atoms with Gasteiger partial charge in [-0.2, -0.15) is 13.2 Å². The molecule has 1 saturated heterocycles. The topological polar surface area (TPSA) is 99.1 Å². The van der Waals surface area contributed by atoms with E-state index in [0.29, 0.717) is 49.7 Å². The van der Waals surface area contributed by atoms with Crippen molar-refractivity contribution in [2.24, 2.45) is 7.05 Å². The number of anilines is 2. The highest BCUT2D eigenvalue weighted by atomic mass is 19.4. The first-order valence-electron chi connectivity index (χ1n) is 10.5. The van der Waals surface area contributed by atoms with Crippen LogP contribution in [0.3, 0.4) is 0 Å². The van der Waals surface area contributed by atoms with Crippen molar-refractivity contribution in [1.29, 1.82) is 0 Å². The first kappa shape index (κ1) is 23.5. The Morgan fingerprint density at radius 1 is 1.29 bits per heavy atom. The predicted molar refractivity (Wildman–Crippen MR) is 117 cm³/mol. The van der Waals surface area contributed by atoms with E-state index in [1.54, 1.807) is 6.20 Å². The first-order chi connectivity index (χ1) is 15.9. The normalized spacial score (nSPS) is 16.0. The molecule has 4 heterocycles. The van der Waals surface area contributed by atoms with Gasteiger partial charge in [0.05, 0.1) is 11.8 Å². The monoisotopic (exact) mass is 481 g/mol. The molecule has 1 fully saturated rings. The minimum Gasteiger partial charge on any atom is -0.355 e. The Morgan fingerprint density at radius 3 is 2.62 bits per heavy atom. The highest BCUT2D eigenvalue weighted by Crippen LogP contribution is 2.32. The number of hydrogen-bond donors (Lipinski definition) is 2. The molecule has 9 nitrogen and oxygen atoms in total. The van der Waals surface area contributed by atoms with Crippen LogP contribution in [-0.2, 0) is 13.2 Å². The minimum absolute atomic E-state index is 0.144. The minimum atomic E-state index is -4.66. The second-order valence-corrected chi connectivity index (χ2v) is 8.59. The Bertz CT molecular complexity index is 1290. The van der Waals surface area contributed by atoms with E-state index < -0.39 is 40.4 Å². The second-order valence-electron chi connectivity index (χ2n) is 8.59. The smallest absolute Gasteiger partial charge is 0.355 e. The summed E-state index contributed by atoms with van der Waals surface area (Å²) < 4.78 is 54.0. The van der Waals surface area contributed by atoms with Gasteiger partial charge in [0.25, 0.3) is 5.56 Å². The fourth-order valence-corrected chi connectivity index (χ4v) is 3.96. The van der Waals surface area contributed by atoms with Gasteiger partial charge in [0.1, 0.15) is 17.0 Å². The standard InChI is InChI=1S/C21H23F4N7O2/c1-20(4-6-32(7-5-20)15-10-27-17-16(29-15)13(22)9-26-17)31(3)19(34)28-14-8-12(21(23,24)25)11-30(2)18(14)33/h8-11H,4-7H2,1-3H3,(H,26,27)(H,28,34). The molecule has 3 aromatic heterocycles. The van der Waals surface area contributed by atoms with E-state index in [9.17, 15) is 27.2 Å². The summed E-state index contributed by atoms with van der Waals surface area (Å²) in [6.45, 7) is 2.84. The highest BCUT2D eigenvalue weighted by molar-refractivity contribution is 5.89. The summed E-state index contributed by atoms with van der Waals surface area (Å²) in [5.41, 5.74) is -2.38. The van der Waals surface area contributed by atoms with Crippen molar-refractivity contribution in [3.8, 4) is 0 Å². The summed E-state index contributed by atoms with van der Waals surface area (Å²) in [5, 5.41) is 2.32. The van der Waals surface area contributed by atoms with Crippen LogP contribution < -0.4 is 15.8 Å². The second kappa shape index (κ2) is 8.29. The third-order valence-corrected chi connectivity index (χ3v) is 6.35. The summed E-state index contributed by atoms with van der Waals surface area (Å²) in [6, 6.07) is -0.0588. The molecule has 0 spiro atoms. The van der Waals surface area contributed by atoms with E-state index in [1.807, 2.05) is 11.8 Å². The summed E-state index contributed by atoms with van der Waals surface area (Å²) in [6.07, 6.45) is -0.239. The molecule has 1 aliphatic rings. The van der Waals surface area contributed by atoms with Crippen LogP contribution >= 0.6 is 0 Å². The van der Waals surface area contributed by atoms with E-state index >= 15 is 0 Å². The zero-order valence-corrected chi connectivity index (χ0v) is 18.7. The molecule has 0 radical (unpaired) electrons. The lowest BCUT2D eigenvalue weighted by atomic mass is 9.88. The Hall–Kier alpha value is -3.64. The summed E-state index contributed by atoms with van der Waals surface area (Å²) >= 11 is 0. The van der Waals surface area contributed by atoms with Crippen molar-refractivity contribution in [1.82, 2.24) is 24.4 Å². The van der Waals surface area contributed by atoms with Crippen LogP contribution in [0, 0.1) is 5.82 Å². The molecule has 4 rings (SSSR count). The lowest BCUT2D eigenvalue weighted by molar-refractivity contribution is -0.138. The number of nitrogens with zero attached hydrogens (tertiary/aromatic N) is 5. The van der Waals surface area contributed by atoms with Gasteiger partial charge in [0, 0.05) is 45.1 Å². The maximum Gasteiger partial charge on any atom is 0.417 e. The number of aromatic amines is 1. The molecule has 182 valence electrons. The molecule has 2 N–H and O–H groups in total. The third-order valence-electron chi connectivity index (χ3n) is 6.35. The Labute approximate surface area is 191 Å². The lowest BCUT2D eigenvalue weighted by Gasteiger charge is -2.45. The number of fused-ring (bicyclic) bond motifs is 1. The van der Waals surface area contributed by atoms with E-state index in [-0.39, 0.29) is 5.52 Å². The maximum absolute atomic E-state index is 13.8. The molecule has 3 aromatic rings. The zero-order valence-electron chi connectivity index (χ0n) is 18.7. The number of H-pyrrole nitrogens is 1. The van der Waals surface area contributed by atoms with Gasteiger partial charge < -0.3 is 24.7 Å². The largest absolute Gasteiger partial charge is 0.417 e. The Kier molecular flexibility index (Phi) is 5.74. The van der Waals surface area contributed by atoms with Crippen molar-refractivity contribution in [2.75, 3.05) is 30.4 Å². The molecular formula is C21H23F4N7O2. The van der Waals surface area contributed by atoms with Gasteiger partial charge in [-0.05, 0) is 25.8 Å². The van der Waals surface area contributed by atoms with Crippen molar-refractivity contribution < 1.29 is 22.4 Å². The molecule has 2 amide bonds. The van der Waals surface area contributed by atoms with Crippen molar-refractivity contribution in [2.45, 2.75) is 31.5 Å². The number of rotatable bonds is 3. The van der Waals surface area contributed by atoms with Gasteiger partial charge in [-0.1, -0.05) is 0 Å². The Balaban J connectivity index is 1.46. The lowest BCUT2D eigenvalue weighted by Crippen LogP contribution is -2.55. The van der Waals surface area contributed by atoms with Crippen LogP contribution in [-0.4, -0.2) is 56.1 Å². The number of urea groups is 1. The number of carbonyl (C=O) groups is 1. The van der Waals surface area contributed by atoms with Gasteiger partial charge in [-0.25, -0.2) is 19.2 Å². The number of carbonyl (C=O) groups excluding carboxylic acids is 1. The molecule has 1 aliphatic heterocycles. The van der Waals surface area contributed by atoms with E-state index in [2.05, 4.69) is 20.3 Å². The molecule has 13 heteroatoms. The highest BCUT2D eigenvalue weighted by Gasteiger charge is 2.37. The van der Waals surface area contributed by atoms with Gasteiger partial charge in [0.2, 0.25) is 0 Å². The molecule has 0 aliphatic carbocycles. The van der Waals surface area contributed by atoms with E-state index in [1.165, 1.54) is 25.2 Å². The van der Waals surface area contributed by atoms with E-state index in [0.717, 1.165) is 4.57 Å². The molecule has 34 heavy (non-hydrogen) atoms. The van der Waals surface area contributed by atoms with E-state index in [4.69, 9.17) is 0 Å². The number of alkyl halides is 3. The first-order valence-corrected chi connectivity index (χ1v) is 10.5. The summed E-state index contributed by atoms with van der Waals surface area (Å²) in [5.74, 6) is 0.0101. The van der Waals surface area contributed by atoms with Crippen molar-refractivity contribution >= 4 is 28.7 Å². The average molecular weight is 481 g/mol. The summed E-state index contributed by atoms with van der Waals surface area (Å²) in [4.78, 5) is 39.6. The number of aromatic nitrogens is 4. The Morgan fingerprint density at radius 2 is 1.97 bits per heavy atom. The molecule has 0 unspecified atom stereocenters. The third kappa shape index (κ3) is 4.29. The molecule has 0 bridgehead atoms. The quantitative estimate of drug-likeness (QED) is 0.559. The molecule has 0 aromatic carbocycles. The van der Waals surface area contributed by atoms with Crippen LogP contribution in [0.4, 0.5) is 33.9 Å². The fraction of sp³-hybridized carbons (Fsp3) is 0.429. The van der Waals surface area contributed by atoms with Crippen molar-refractivity contribution in [3.05, 3.63) is 46.4 Å². The number of pyridine rings is 1. The average Bonchev–Trinajstić information content (AvgIpc) is 3.16. The number of nitrogens with one attached hydrogen (secondary N) is 2. The van der Waals surface area contributed by atoms with Gasteiger partial charge in [-0.15, -0.1) is 0 Å². The zero-order chi connectivity index (χ0) is 24.8. The number of aryl methyl sites for hydroxylation is 1. The van der Waals surface area contributed by atoms with Gasteiger partial charge in [-0.3, -0.25) is 4.79 Å². The summed E-state index contributed by atoms with van der Waals surface area (Å²) in [7, 11) is 2.72. The van der Waals surface area contributed by atoms with Crippen LogP contribution in [0.5, 0.6) is 0 Å². The number of halogens is 4. The van der Waals surface area contributed by atoms with Crippen LogP contribution in [0.25, 0.3) is 11.2 Å². The molecule has 0 atom stereocenters. The number of piperidine rings is 1. The number of hydrogen-bond acceptors (Lipinski definition) is 5. The molecule has 0 saturated carbocycles. The van der Waals surface area contributed by atoms with Crippen molar-refractivity contribution in [3.63, 3.8) is 0 Å². The van der Waals surface area contributed by atoms with Crippen LogP contribution in [0.2, 0.25) is 0 Å². The predicted octanol–water partition coefficient (Wildman–Crippen LogP) is 3.34. The molecular weight excluding hydrogens is 458 g/mol.